The number of hydrogen-bond donors (Lipinski definition) is 5. The number of carbonyl (C=O) groups excluding carboxylic acids is 2. The predicted molar refractivity (Wildman–Crippen MR) is 74.7 cm³/mol. The lowest BCUT2D eigenvalue weighted by atomic mass is 10.0. The molecule has 1 aromatic carbocycles. The average molecular weight is 313 g/mol. The monoisotopic (exact) mass is 313 g/mol. The molecule has 8 nitrogen and oxygen atoms in total. The fourth-order valence-corrected chi connectivity index (χ4v) is 1.58. The first-order chi connectivity index (χ1) is 10.5. The van der Waals surface area contributed by atoms with E-state index in [9.17, 15) is 24.9 Å². The topological polar surface area (TPSA) is 136 Å². The molecular weight excluding hydrogens is 294 g/mol. The first-order valence-electron chi connectivity index (χ1n) is 6.58. The van der Waals surface area contributed by atoms with Gasteiger partial charge in [0.15, 0.2) is 5.78 Å². The number of Topliss-reactive ketones (excluding diaryl/α,β-unsaturated/α-hetero) is 1. The van der Waals surface area contributed by atoms with Gasteiger partial charge in [-0.2, -0.15) is 0 Å². The number of ether oxygens (including phenoxy) is 1. The molecule has 0 spiro atoms. The zero-order chi connectivity index (χ0) is 16.5. The summed E-state index contributed by atoms with van der Waals surface area (Å²) in [7, 11) is 0. The molecule has 1 rings (SSSR count). The van der Waals surface area contributed by atoms with Crippen molar-refractivity contribution in [1.29, 1.82) is 0 Å². The van der Waals surface area contributed by atoms with Crippen LogP contribution in [0.3, 0.4) is 0 Å². The van der Waals surface area contributed by atoms with Crippen LogP contribution in [0.15, 0.2) is 30.3 Å². The maximum Gasteiger partial charge on any atom is 0.407 e. The maximum atomic E-state index is 11.4. The van der Waals surface area contributed by atoms with E-state index in [-0.39, 0.29) is 6.61 Å². The number of amides is 1. The van der Waals surface area contributed by atoms with Gasteiger partial charge < -0.3 is 30.5 Å². The molecule has 1 unspecified atom stereocenters. The summed E-state index contributed by atoms with van der Waals surface area (Å²) in [5.41, 5.74) is 0.780. The normalized spacial score (nSPS) is 14.7. The van der Waals surface area contributed by atoms with Crippen LogP contribution in [-0.4, -0.2) is 63.8 Å². The van der Waals surface area contributed by atoms with Crippen LogP contribution in [-0.2, 0) is 16.1 Å². The minimum absolute atomic E-state index is 0.0386. The van der Waals surface area contributed by atoms with E-state index in [1.165, 1.54) is 0 Å². The Kier molecular flexibility index (Phi) is 7.47. The largest absolute Gasteiger partial charge is 0.445 e. The summed E-state index contributed by atoms with van der Waals surface area (Å²) >= 11 is 0. The van der Waals surface area contributed by atoms with Crippen molar-refractivity contribution in [2.24, 2.45) is 0 Å². The number of alkyl carbamates (subject to hydrolysis) is 1. The maximum absolute atomic E-state index is 11.4. The van der Waals surface area contributed by atoms with Crippen LogP contribution < -0.4 is 5.32 Å². The quantitative estimate of drug-likeness (QED) is 0.396. The highest BCUT2D eigenvalue weighted by molar-refractivity contribution is 5.84. The van der Waals surface area contributed by atoms with Gasteiger partial charge in [0.05, 0.1) is 0 Å². The van der Waals surface area contributed by atoms with Crippen molar-refractivity contribution in [3.8, 4) is 0 Å². The molecule has 0 saturated carbocycles. The molecule has 122 valence electrons. The Morgan fingerprint density at radius 1 is 1.14 bits per heavy atom. The molecule has 1 amide bonds. The third kappa shape index (κ3) is 5.78. The Bertz CT molecular complexity index is 479. The molecule has 0 aliphatic heterocycles. The SMILES string of the molecule is O=C(NCC(O)[C@@H](O)[C@H](O)C(=O)CO)OCc1ccccc1. The highest BCUT2D eigenvalue weighted by Gasteiger charge is 2.29. The number of benzene rings is 1. The second-order valence-corrected chi connectivity index (χ2v) is 4.57. The molecule has 1 aromatic rings. The molecule has 0 aromatic heterocycles. The first kappa shape index (κ1) is 18.1. The minimum atomic E-state index is -1.93. The van der Waals surface area contributed by atoms with Gasteiger partial charge in [-0.25, -0.2) is 4.79 Å². The van der Waals surface area contributed by atoms with Gasteiger partial charge in [0.2, 0.25) is 0 Å². The fraction of sp³-hybridized carbons (Fsp3) is 0.429. The zero-order valence-corrected chi connectivity index (χ0v) is 11.8. The Hall–Kier alpha value is -2.00. The highest BCUT2D eigenvalue weighted by atomic mass is 16.5. The van der Waals surface area contributed by atoms with Crippen molar-refractivity contribution in [2.75, 3.05) is 13.2 Å². The van der Waals surface area contributed by atoms with Gasteiger partial charge in [-0.1, -0.05) is 30.3 Å². The van der Waals surface area contributed by atoms with Crippen molar-refractivity contribution < 1.29 is 34.8 Å². The molecule has 0 saturated heterocycles. The van der Waals surface area contributed by atoms with Crippen molar-refractivity contribution in [3.63, 3.8) is 0 Å². The molecule has 8 heteroatoms. The van der Waals surface area contributed by atoms with Crippen molar-refractivity contribution in [1.82, 2.24) is 5.32 Å². The van der Waals surface area contributed by atoms with Crippen molar-refractivity contribution >= 4 is 11.9 Å². The Morgan fingerprint density at radius 2 is 1.77 bits per heavy atom. The second kappa shape index (κ2) is 9.11. The number of hydrogen-bond acceptors (Lipinski definition) is 7. The van der Waals surface area contributed by atoms with Crippen LogP contribution in [0.1, 0.15) is 5.56 Å². The number of aliphatic hydroxyl groups excluding tert-OH is 4. The molecule has 0 fully saturated rings. The lowest BCUT2D eigenvalue weighted by Crippen LogP contribution is -2.48. The van der Waals surface area contributed by atoms with E-state index < -0.39 is 43.3 Å². The van der Waals surface area contributed by atoms with Crippen LogP contribution in [0.2, 0.25) is 0 Å². The molecule has 0 bridgehead atoms. The number of rotatable bonds is 8. The Morgan fingerprint density at radius 3 is 2.36 bits per heavy atom. The molecule has 0 aliphatic carbocycles. The molecule has 0 heterocycles. The Labute approximate surface area is 127 Å². The van der Waals surface area contributed by atoms with E-state index >= 15 is 0 Å². The number of nitrogens with one attached hydrogen (secondary N) is 1. The van der Waals surface area contributed by atoms with Gasteiger partial charge in [-0.05, 0) is 5.56 Å². The molecular formula is C14H19NO7. The lowest BCUT2D eigenvalue weighted by Gasteiger charge is -2.21. The fourth-order valence-electron chi connectivity index (χ4n) is 1.58. The number of aliphatic hydroxyl groups is 4. The van der Waals surface area contributed by atoms with E-state index in [4.69, 9.17) is 9.84 Å². The summed E-state index contributed by atoms with van der Waals surface area (Å²) in [5.74, 6) is -1.03. The van der Waals surface area contributed by atoms with E-state index in [2.05, 4.69) is 5.32 Å². The van der Waals surface area contributed by atoms with Crippen molar-refractivity contribution in [3.05, 3.63) is 35.9 Å². The summed E-state index contributed by atoms with van der Waals surface area (Å²) in [6, 6.07) is 8.93. The van der Waals surface area contributed by atoms with Gasteiger partial charge in [-0.3, -0.25) is 4.79 Å². The summed E-state index contributed by atoms with van der Waals surface area (Å²) in [5, 5.41) is 39.1. The molecule has 22 heavy (non-hydrogen) atoms. The molecule has 0 radical (unpaired) electrons. The van der Waals surface area contributed by atoms with Crippen LogP contribution in [0.4, 0.5) is 4.79 Å². The smallest absolute Gasteiger partial charge is 0.407 e. The number of carbonyl (C=O) groups is 2. The number of ketones is 1. The van der Waals surface area contributed by atoms with Crippen LogP contribution >= 0.6 is 0 Å². The third-order valence-corrected chi connectivity index (χ3v) is 2.87. The summed E-state index contributed by atoms with van der Waals surface area (Å²) in [6.45, 7) is -1.35. The van der Waals surface area contributed by atoms with Crippen molar-refractivity contribution in [2.45, 2.75) is 24.9 Å². The summed E-state index contributed by atoms with van der Waals surface area (Å²) in [4.78, 5) is 22.4. The Balaban J connectivity index is 2.32. The zero-order valence-electron chi connectivity index (χ0n) is 11.8. The van der Waals surface area contributed by atoms with E-state index in [1.807, 2.05) is 6.07 Å². The third-order valence-electron chi connectivity index (χ3n) is 2.87. The van der Waals surface area contributed by atoms with Crippen LogP contribution in [0.5, 0.6) is 0 Å². The lowest BCUT2D eigenvalue weighted by molar-refractivity contribution is -0.140. The average Bonchev–Trinajstić information content (AvgIpc) is 2.56. The van der Waals surface area contributed by atoms with Crippen LogP contribution in [0.25, 0.3) is 0 Å². The molecule has 5 N–H and O–H groups in total. The van der Waals surface area contributed by atoms with Gasteiger partial charge >= 0.3 is 6.09 Å². The highest BCUT2D eigenvalue weighted by Crippen LogP contribution is 2.02. The van der Waals surface area contributed by atoms with Gasteiger partial charge in [0.25, 0.3) is 0 Å². The van der Waals surface area contributed by atoms with Gasteiger partial charge in [0.1, 0.15) is 31.5 Å². The van der Waals surface area contributed by atoms with Gasteiger partial charge in [-0.15, -0.1) is 0 Å². The minimum Gasteiger partial charge on any atom is -0.445 e. The van der Waals surface area contributed by atoms with Gasteiger partial charge in [0, 0.05) is 6.54 Å². The van der Waals surface area contributed by atoms with E-state index in [1.54, 1.807) is 24.3 Å². The second-order valence-electron chi connectivity index (χ2n) is 4.57. The summed E-state index contributed by atoms with van der Waals surface area (Å²) in [6.07, 6.45) is -6.16. The van der Waals surface area contributed by atoms with E-state index in [0.29, 0.717) is 0 Å². The predicted octanol–water partition coefficient (Wildman–Crippen LogP) is -1.44. The first-order valence-corrected chi connectivity index (χ1v) is 6.58. The summed E-state index contributed by atoms with van der Waals surface area (Å²) < 4.78 is 4.88. The van der Waals surface area contributed by atoms with Crippen LogP contribution in [0, 0.1) is 0 Å². The molecule has 0 aliphatic rings. The molecule has 3 atom stereocenters. The van der Waals surface area contributed by atoms with E-state index in [0.717, 1.165) is 5.56 Å². The standard InChI is InChI=1S/C14H19NO7/c16-7-11(18)13(20)12(19)10(17)6-15-14(21)22-8-9-4-2-1-3-5-9/h1-5,10,12-13,16-17,19-20H,6-8H2,(H,15,21)/t10?,12-,13-/m1/s1.